The van der Waals surface area contributed by atoms with Gasteiger partial charge >= 0.3 is 0 Å². The van der Waals surface area contributed by atoms with Crippen LogP contribution in [0.25, 0.3) is 22.6 Å². The number of rotatable bonds is 4. The molecule has 130 valence electrons. The molecule has 6 heteroatoms. The van der Waals surface area contributed by atoms with Crippen molar-refractivity contribution >= 4 is 22.7 Å². The van der Waals surface area contributed by atoms with Crippen molar-refractivity contribution < 1.29 is 13.7 Å². The minimum absolute atomic E-state index is 0.246. The lowest BCUT2D eigenvalue weighted by Crippen LogP contribution is -2.13. The van der Waals surface area contributed by atoms with Gasteiger partial charge in [0.1, 0.15) is 5.69 Å². The van der Waals surface area contributed by atoms with Gasteiger partial charge in [-0.25, -0.2) is 4.98 Å². The second-order valence-corrected chi connectivity index (χ2v) is 5.99. The average Bonchev–Trinajstić information content (AvgIpc) is 3.31. The van der Waals surface area contributed by atoms with Crippen molar-refractivity contribution in [3.63, 3.8) is 0 Å². The zero-order valence-corrected chi connectivity index (χ0v) is 14.4. The third-order valence-corrected chi connectivity index (χ3v) is 4.23. The molecule has 1 N–H and O–H groups in total. The molecule has 6 nitrogen and oxygen atoms in total. The van der Waals surface area contributed by atoms with Crippen LogP contribution in [0.3, 0.4) is 0 Å². The van der Waals surface area contributed by atoms with Gasteiger partial charge in [0.2, 0.25) is 0 Å². The quantitative estimate of drug-likeness (QED) is 0.583. The molecule has 0 radical (unpaired) electrons. The molecule has 1 amide bonds. The van der Waals surface area contributed by atoms with Gasteiger partial charge in [-0.15, -0.1) is 0 Å². The molecule has 0 aliphatic carbocycles. The molecule has 0 spiro atoms. The summed E-state index contributed by atoms with van der Waals surface area (Å²) in [5.41, 5.74) is 3.79. The Morgan fingerprint density at radius 1 is 1.19 bits per heavy atom. The minimum Gasteiger partial charge on any atom is -0.463 e. The topological polar surface area (TPSA) is 81.2 Å². The number of amides is 1. The number of aryl methyl sites for hydroxylation is 2. The lowest BCUT2D eigenvalue weighted by molar-refractivity contribution is 0.102. The van der Waals surface area contributed by atoms with E-state index in [2.05, 4.69) is 22.4 Å². The number of hydrogen-bond acceptors (Lipinski definition) is 5. The molecule has 0 aliphatic rings. The third kappa shape index (κ3) is 2.86. The molecule has 0 fully saturated rings. The molecule has 26 heavy (non-hydrogen) atoms. The van der Waals surface area contributed by atoms with Crippen LogP contribution >= 0.6 is 0 Å². The monoisotopic (exact) mass is 347 g/mol. The number of fused-ring (bicyclic) bond motifs is 1. The van der Waals surface area contributed by atoms with Crippen LogP contribution in [0.5, 0.6) is 0 Å². The number of anilines is 1. The number of furan rings is 1. The molecule has 3 heterocycles. The van der Waals surface area contributed by atoms with Gasteiger partial charge in [-0.05, 0) is 49.2 Å². The van der Waals surface area contributed by atoms with Crippen molar-refractivity contribution in [2.45, 2.75) is 20.3 Å². The largest absolute Gasteiger partial charge is 0.463 e. The van der Waals surface area contributed by atoms with Gasteiger partial charge in [-0.3, -0.25) is 4.79 Å². The fourth-order valence-electron chi connectivity index (χ4n) is 2.89. The summed E-state index contributed by atoms with van der Waals surface area (Å²) in [5, 5.41) is 7.50. The Kier molecular flexibility index (Phi) is 4.01. The van der Waals surface area contributed by atoms with Crippen LogP contribution in [-0.2, 0) is 6.42 Å². The average molecular weight is 347 g/mol. The third-order valence-electron chi connectivity index (χ3n) is 4.23. The van der Waals surface area contributed by atoms with E-state index in [4.69, 9.17) is 8.94 Å². The van der Waals surface area contributed by atoms with Crippen LogP contribution in [-0.4, -0.2) is 16.0 Å². The normalized spacial score (nSPS) is 11.0. The summed E-state index contributed by atoms with van der Waals surface area (Å²) < 4.78 is 10.7. The first-order valence-electron chi connectivity index (χ1n) is 8.37. The van der Waals surface area contributed by atoms with Crippen molar-refractivity contribution in [2.24, 2.45) is 0 Å². The van der Waals surface area contributed by atoms with E-state index < -0.39 is 0 Å². The molecule has 1 aromatic carbocycles. The van der Waals surface area contributed by atoms with Gasteiger partial charge in [0.05, 0.1) is 22.9 Å². The van der Waals surface area contributed by atoms with Gasteiger partial charge in [-0.1, -0.05) is 24.2 Å². The van der Waals surface area contributed by atoms with Crippen molar-refractivity contribution in [1.29, 1.82) is 0 Å². The number of aromatic nitrogens is 2. The maximum absolute atomic E-state index is 13.0. The fraction of sp³-hybridized carbons (Fsp3) is 0.150. The maximum atomic E-state index is 13.0. The Labute approximate surface area is 149 Å². The molecular weight excluding hydrogens is 330 g/mol. The Morgan fingerprint density at radius 2 is 2.08 bits per heavy atom. The molecule has 0 unspecified atom stereocenters. The first kappa shape index (κ1) is 16.1. The summed E-state index contributed by atoms with van der Waals surface area (Å²) in [5.74, 6) is 0.313. The van der Waals surface area contributed by atoms with Crippen molar-refractivity contribution in [1.82, 2.24) is 10.1 Å². The zero-order valence-electron chi connectivity index (χ0n) is 14.4. The summed E-state index contributed by atoms with van der Waals surface area (Å²) in [6, 6.07) is 13.0. The summed E-state index contributed by atoms with van der Waals surface area (Å²) in [6.07, 6.45) is 2.46. The van der Waals surface area contributed by atoms with Crippen LogP contribution in [0.4, 0.5) is 5.69 Å². The van der Waals surface area contributed by atoms with Gasteiger partial charge in [0.25, 0.3) is 11.6 Å². The van der Waals surface area contributed by atoms with Gasteiger partial charge in [-0.2, -0.15) is 0 Å². The highest BCUT2D eigenvalue weighted by atomic mass is 16.5. The first-order chi connectivity index (χ1) is 12.7. The van der Waals surface area contributed by atoms with Crippen LogP contribution in [0.2, 0.25) is 0 Å². The van der Waals surface area contributed by atoms with E-state index in [1.807, 2.05) is 24.3 Å². The van der Waals surface area contributed by atoms with E-state index >= 15 is 0 Å². The standard InChI is InChI=1S/C20H17N3O3/c1-3-13-6-4-7-14(10-13)21-19(24)15-11-16(17-8-5-9-25-17)22-20-18(15)12(2)23-26-20/h4-11H,3H2,1-2H3,(H,21,24). The van der Waals surface area contributed by atoms with Crippen molar-refractivity contribution in [2.75, 3.05) is 5.32 Å². The SMILES string of the molecule is CCc1cccc(NC(=O)c2cc(-c3ccco3)nc3onc(C)c23)c1. The van der Waals surface area contributed by atoms with E-state index in [1.165, 1.54) is 0 Å². The summed E-state index contributed by atoms with van der Waals surface area (Å²) in [4.78, 5) is 17.4. The molecule has 0 atom stereocenters. The predicted molar refractivity (Wildman–Crippen MR) is 98.0 cm³/mol. The lowest BCUT2D eigenvalue weighted by Gasteiger charge is -2.08. The number of benzene rings is 1. The molecular formula is C20H17N3O3. The molecule has 3 aromatic heterocycles. The molecule has 0 bridgehead atoms. The Morgan fingerprint density at radius 3 is 2.85 bits per heavy atom. The van der Waals surface area contributed by atoms with Crippen LogP contribution in [0.1, 0.15) is 28.5 Å². The number of pyridine rings is 1. The highest BCUT2D eigenvalue weighted by molar-refractivity contribution is 6.12. The van der Waals surface area contributed by atoms with Gasteiger partial charge in [0, 0.05) is 5.69 Å². The highest BCUT2D eigenvalue weighted by Gasteiger charge is 2.20. The Balaban J connectivity index is 1.78. The number of carbonyl (C=O) groups is 1. The second kappa shape index (κ2) is 6.48. The molecule has 0 saturated heterocycles. The number of nitrogens with zero attached hydrogens (tertiary/aromatic N) is 2. The lowest BCUT2D eigenvalue weighted by atomic mass is 10.1. The van der Waals surface area contributed by atoms with Crippen molar-refractivity contribution in [3.05, 3.63) is 65.5 Å². The Bertz CT molecular complexity index is 1080. The smallest absolute Gasteiger partial charge is 0.259 e. The molecule has 4 aromatic rings. The van der Waals surface area contributed by atoms with E-state index in [9.17, 15) is 4.79 Å². The predicted octanol–water partition coefficient (Wildman–Crippen LogP) is 4.61. The zero-order chi connectivity index (χ0) is 18.1. The van der Waals surface area contributed by atoms with E-state index in [-0.39, 0.29) is 5.91 Å². The second-order valence-electron chi connectivity index (χ2n) is 5.99. The van der Waals surface area contributed by atoms with Crippen molar-refractivity contribution in [3.8, 4) is 11.5 Å². The maximum Gasteiger partial charge on any atom is 0.259 e. The number of hydrogen-bond donors (Lipinski definition) is 1. The fourth-order valence-corrected chi connectivity index (χ4v) is 2.89. The highest BCUT2D eigenvalue weighted by Crippen LogP contribution is 2.28. The first-order valence-corrected chi connectivity index (χ1v) is 8.37. The van der Waals surface area contributed by atoms with Crippen LogP contribution in [0, 0.1) is 6.92 Å². The summed E-state index contributed by atoms with van der Waals surface area (Å²) >= 11 is 0. The molecule has 4 rings (SSSR count). The van der Waals surface area contributed by atoms with Gasteiger partial charge < -0.3 is 14.3 Å². The molecule has 0 saturated carbocycles. The van der Waals surface area contributed by atoms with E-state index in [1.54, 1.807) is 31.4 Å². The Hall–Kier alpha value is -3.41. The minimum atomic E-state index is -0.246. The van der Waals surface area contributed by atoms with Crippen LogP contribution in [0.15, 0.2) is 57.7 Å². The number of carbonyl (C=O) groups excluding carboxylic acids is 1. The molecule has 0 aliphatic heterocycles. The van der Waals surface area contributed by atoms with Crippen LogP contribution < -0.4 is 5.32 Å². The summed E-state index contributed by atoms with van der Waals surface area (Å²) in [6.45, 7) is 3.86. The van der Waals surface area contributed by atoms with E-state index in [0.29, 0.717) is 33.8 Å². The van der Waals surface area contributed by atoms with E-state index in [0.717, 1.165) is 17.7 Å². The summed E-state index contributed by atoms with van der Waals surface area (Å²) in [7, 11) is 0. The number of nitrogens with one attached hydrogen (secondary N) is 1. The van der Waals surface area contributed by atoms with Gasteiger partial charge in [0.15, 0.2) is 5.76 Å².